The van der Waals surface area contributed by atoms with Crippen molar-refractivity contribution in [2.75, 3.05) is 11.6 Å². The molecule has 0 unspecified atom stereocenters. The van der Waals surface area contributed by atoms with Crippen molar-refractivity contribution in [2.24, 2.45) is 7.05 Å². The first-order valence-electron chi connectivity index (χ1n) is 10.6. The summed E-state index contributed by atoms with van der Waals surface area (Å²) >= 11 is 0. The van der Waals surface area contributed by atoms with E-state index in [-0.39, 0.29) is 17.9 Å². The Morgan fingerprint density at radius 2 is 1.91 bits per heavy atom. The summed E-state index contributed by atoms with van der Waals surface area (Å²) < 4.78 is 24.9. The smallest absolute Gasteiger partial charge is 0.414 e. The van der Waals surface area contributed by atoms with Crippen LogP contribution >= 0.6 is 0 Å². The molecule has 11 heteroatoms. The van der Waals surface area contributed by atoms with Gasteiger partial charge >= 0.3 is 6.09 Å². The van der Waals surface area contributed by atoms with E-state index in [4.69, 9.17) is 0 Å². The molecule has 1 aliphatic heterocycles. The second-order valence-electron chi connectivity index (χ2n) is 8.46. The number of fused-ring (bicyclic) bond motifs is 2. The van der Waals surface area contributed by atoms with Crippen molar-refractivity contribution in [2.45, 2.75) is 12.3 Å². The SMILES string of the molecule is Cn1ccc2c(-c3ccc(Nc4ccc(CS(C)(=O)=O)cn4)c4c3CN(C(=O)O)C4=O)ccnc21. The summed E-state index contributed by atoms with van der Waals surface area (Å²) in [5, 5.41) is 13.6. The number of anilines is 2. The van der Waals surface area contributed by atoms with Crippen LogP contribution in [0.1, 0.15) is 21.5 Å². The van der Waals surface area contributed by atoms with E-state index >= 15 is 0 Å². The number of benzene rings is 1. The Morgan fingerprint density at radius 3 is 2.60 bits per heavy atom. The molecule has 3 aromatic heterocycles. The Labute approximate surface area is 200 Å². The summed E-state index contributed by atoms with van der Waals surface area (Å²) in [5.74, 6) is -0.354. The van der Waals surface area contributed by atoms with Crippen LogP contribution in [0.15, 0.2) is 55.0 Å². The van der Waals surface area contributed by atoms with Gasteiger partial charge in [0.2, 0.25) is 0 Å². The number of aryl methyl sites for hydroxylation is 1. The maximum absolute atomic E-state index is 13.1. The van der Waals surface area contributed by atoms with Gasteiger partial charge in [0.05, 0.1) is 23.5 Å². The van der Waals surface area contributed by atoms with Crippen LogP contribution < -0.4 is 5.32 Å². The highest BCUT2D eigenvalue weighted by Crippen LogP contribution is 2.40. The molecule has 10 nitrogen and oxygen atoms in total. The minimum Gasteiger partial charge on any atom is -0.465 e. The topological polar surface area (TPSA) is 134 Å². The van der Waals surface area contributed by atoms with E-state index in [2.05, 4.69) is 15.3 Å². The predicted octanol–water partition coefficient (Wildman–Crippen LogP) is 3.56. The van der Waals surface area contributed by atoms with Crippen LogP contribution in [0.25, 0.3) is 22.2 Å². The fraction of sp³-hybridized carbons (Fsp3) is 0.167. The van der Waals surface area contributed by atoms with Gasteiger partial charge in [0, 0.05) is 37.3 Å². The van der Waals surface area contributed by atoms with Crippen molar-refractivity contribution in [3.8, 4) is 11.1 Å². The van der Waals surface area contributed by atoms with Crippen LogP contribution in [0.2, 0.25) is 0 Å². The van der Waals surface area contributed by atoms with Gasteiger partial charge in [-0.1, -0.05) is 12.1 Å². The van der Waals surface area contributed by atoms with Crippen LogP contribution in [0, 0.1) is 0 Å². The fourth-order valence-electron chi connectivity index (χ4n) is 4.36. The molecular formula is C24H21N5O5S. The lowest BCUT2D eigenvalue weighted by Crippen LogP contribution is -2.29. The summed E-state index contributed by atoms with van der Waals surface area (Å²) in [6.07, 6.45) is 4.85. The number of imide groups is 1. The second kappa shape index (κ2) is 8.20. The van der Waals surface area contributed by atoms with E-state index in [1.54, 1.807) is 24.4 Å². The maximum atomic E-state index is 13.1. The number of amides is 2. The molecule has 4 heterocycles. The lowest BCUT2D eigenvalue weighted by atomic mass is 9.94. The first-order chi connectivity index (χ1) is 16.6. The van der Waals surface area contributed by atoms with Crippen LogP contribution in [0.4, 0.5) is 16.3 Å². The molecule has 1 aliphatic rings. The molecule has 0 fully saturated rings. The number of aromatic nitrogens is 3. The molecule has 35 heavy (non-hydrogen) atoms. The Balaban J connectivity index is 1.59. The van der Waals surface area contributed by atoms with Gasteiger partial charge in [-0.2, -0.15) is 0 Å². The zero-order valence-electron chi connectivity index (χ0n) is 18.9. The number of pyridine rings is 2. The summed E-state index contributed by atoms with van der Waals surface area (Å²) in [6.45, 7) is -0.0776. The molecule has 2 amide bonds. The van der Waals surface area contributed by atoms with E-state index < -0.39 is 21.8 Å². The third kappa shape index (κ3) is 4.10. The molecule has 2 N–H and O–H groups in total. The minimum absolute atomic E-state index is 0.0776. The van der Waals surface area contributed by atoms with Gasteiger partial charge in [0.1, 0.15) is 11.5 Å². The van der Waals surface area contributed by atoms with Crippen molar-refractivity contribution >= 4 is 44.4 Å². The minimum atomic E-state index is -3.20. The Bertz CT molecular complexity index is 1610. The highest BCUT2D eigenvalue weighted by atomic mass is 32.2. The van der Waals surface area contributed by atoms with E-state index in [1.807, 2.05) is 36.0 Å². The molecule has 0 saturated carbocycles. The van der Waals surface area contributed by atoms with Crippen LogP contribution in [0.3, 0.4) is 0 Å². The summed E-state index contributed by atoms with van der Waals surface area (Å²) in [5.41, 5.74) is 4.17. The second-order valence-corrected chi connectivity index (χ2v) is 10.6. The van der Waals surface area contributed by atoms with Crippen molar-refractivity contribution in [3.63, 3.8) is 0 Å². The van der Waals surface area contributed by atoms with Gasteiger partial charge < -0.3 is 15.0 Å². The first-order valence-corrected chi connectivity index (χ1v) is 12.7. The third-order valence-electron chi connectivity index (χ3n) is 5.89. The summed E-state index contributed by atoms with van der Waals surface area (Å²) in [4.78, 5) is 34.3. The zero-order chi connectivity index (χ0) is 24.9. The molecule has 1 aromatic carbocycles. The van der Waals surface area contributed by atoms with Crippen molar-refractivity contribution < 1.29 is 23.1 Å². The molecule has 0 bridgehead atoms. The highest BCUT2D eigenvalue weighted by molar-refractivity contribution is 7.89. The van der Waals surface area contributed by atoms with E-state index in [9.17, 15) is 23.1 Å². The Morgan fingerprint density at radius 1 is 1.11 bits per heavy atom. The van der Waals surface area contributed by atoms with Crippen LogP contribution in [0.5, 0.6) is 0 Å². The summed E-state index contributed by atoms with van der Waals surface area (Å²) in [6, 6.07) is 10.6. The number of nitrogens with zero attached hydrogens (tertiary/aromatic N) is 4. The number of carbonyl (C=O) groups is 2. The lowest BCUT2D eigenvalue weighted by molar-refractivity contribution is 0.0764. The lowest BCUT2D eigenvalue weighted by Gasteiger charge is -2.14. The van der Waals surface area contributed by atoms with Gasteiger partial charge in [-0.3, -0.25) is 4.79 Å². The van der Waals surface area contributed by atoms with Crippen molar-refractivity contribution in [1.82, 2.24) is 19.4 Å². The predicted molar refractivity (Wildman–Crippen MR) is 130 cm³/mol. The number of nitrogens with one attached hydrogen (secondary N) is 1. The average molecular weight is 492 g/mol. The molecule has 5 rings (SSSR count). The number of carbonyl (C=O) groups excluding carboxylic acids is 1. The number of rotatable bonds is 5. The van der Waals surface area contributed by atoms with Gasteiger partial charge in [-0.25, -0.2) is 28.1 Å². The van der Waals surface area contributed by atoms with E-state index in [0.717, 1.165) is 33.3 Å². The van der Waals surface area contributed by atoms with E-state index in [1.165, 1.54) is 6.20 Å². The van der Waals surface area contributed by atoms with Crippen molar-refractivity contribution in [3.05, 3.63) is 71.7 Å². The molecule has 178 valence electrons. The fourth-order valence-corrected chi connectivity index (χ4v) is 5.13. The van der Waals surface area contributed by atoms with Crippen LogP contribution in [-0.4, -0.2) is 51.2 Å². The largest absolute Gasteiger partial charge is 0.465 e. The highest BCUT2D eigenvalue weighted by Gasteiger charge is 2.36. The van der Waals surface area contributed by atoms with Gasteiger partial charge in [0.15, 0.2) is 9.84 Å². The normalized spacial score (nSPS) is 13.3. The number of hydrogen-bond acceptors (Lipinski definition) is 7. The van der Waals surface area contributed by atoms with Crippen molar-refractivity contribution in [1.29, 1.82) is 0 Å². The molecule has 0 atom stereocenters. The first kappa shape index (κ1) is 22.5. The molecule has 0 saturated heterocycles. The zero-order valence-corrected chi connectivity index (χ0v) is 19.7. The molecule has 0 radical (unpaired) electrons. The monoisotopic (exact) mass is 491 g/mol. The molecular weight excluding hydrogens is 470 g/mol. The maximum Gasteiger partial charge on any atom is 0.414 e. The Kier molecular flexibility index (Phi) is 5.28. The molecule has 0 aliphatic carbocycles. The average Bonchev–Trinajstić information content (AvgIpc) is 3.35. The quantitative estimate of drug-likeness (QED) is 0.433. The number of sulfone groups is 1. The van der Waals surface area contributed by atoms with Gasteiger partial charge in [0.25, 0.3) is 5.91 Å². The molecule has 4 aromatic rings. The third-order valence-corrected chi connectivity index (χ3v) is 6.75. The van der Waals surface area contributed by atoms with Crippen LogP contribution in [-0.2, 0) is 29.2 Å². The number of carboxylic acid groups (broad SMARTS) is 1. The summed E-state index contributed by atoms with van der Waals surface area (Å²) in [7, 11) is -1.31. The Hall–Kier alpha value is -4.25. The van der Waals surface area contributed by atoms with Gasteiger partial charge in [-0.05, 0) is 46.5 Å². The standard InChI is InChI=1S/C24H21N5O5S/c1-28-10-8-17-16(7-9-25-22(17)28)15-4-5-19(21-18(15)12-29(23(21)30)24(31)32)27-20-6-3-14(11-26-20)13-35(2,33)34/h3-11H,12-13H2,1-2H3,(H,26,27)(H,31,32). The van der Waals surface area contributed by atoms with Gasteiger partial charge in [-0.15, -0.1) is 0 Å². The van der Waals surface area contributed by atoms with E-state index in [0.29, 0.717) is 22.6 Å². The number of hydrogen-bond donors (Lipinski definition) is 2. The molecule has 0 spiro atoms.